The van der Waals surface area contributed by atoms with Crippen LogP contribution in [0.2, 0.25) is 0 Å². The topological polar surface area (TPSA) is 161 Å². The third-order valence-electron chi connectivity index (χ3n) is 13.8. The minimum Gasteiger partial charge on any atom is -0.456 e. The van der Waals surface area contributed by atoms with Gasteiger partial charge in [0.15, 0.2) is 5.79 Å². The molecule has 318 valence electrons. The number of ether oxygens (including phenoxy) is 5. The van der Waals surface area contributed by atoms with E-state index < -0.39 is 66.1 Å². The molecular weight excluding hydrogens is 718 g/mol. The number of nitrogens with zero attached hydrogens (tertiary/aromatic N) is 1. The van der Waals surface area contributed by atoms with Gasteiger partial charge in [-0.2, -0.15) is 0 Å². The second kappa shape index (κ2) is 19.3. The third-order valence-corrected chi connectivity index (χ3v) is 13.8. The smallest absolute Gasteiger partial charge is 0.329 e. The molecule has 12 heteroatoms. The van der Waals surface area contributed by atoms with E-state index >= 15 is 0 Å². The molecule has 0 unspecified atom stereocenters. The number of carbonyl (C=O) groups is 3. The monoisotopic (exact) mass is 790 g/mol. The predicted molar refractivity (Wildman–Crippen MR) is 210 cm³/mol. The fraction of sp³-hybridized carbons (Fsp3) is 0.841. The van der Waals surface area contributed by atoms with Crippen LogP contribution in [0.5, 0.6) is 0 Å². The first-order valence-corrected chi connectivity index (χ1v) is 21.3. The number of carbonyl (C=O) groups excluding carboxylic acids is 3. The van der Waals surface area contributed by atoms with Crippen LogP contribution in [-0.2, 0) is 38.1 Å². The number of amides is 1. The molecule has 0 aromatic carbocycles. The van der Waals surface area contributed by atoms with E-state index in [2.05, 4.69) is 13.0 Å². The molecule has 3 N–H and O–H groups in total. The molecule has 0 radical (unpaired) electrons. The predicted octanol–water partition coefficient (Wildman–Crippen LogP) is 5.29. The van der Waals surface area contributed by atoms with Gasteiger partial charge in [0.05, 0.1) is 36.9 Å². The average molecular weight is 790 g/mol. The van der Waals surface area contributed by atoms with Crippen LogP contribution in [0.25, 0.3) is 0 Å². The zero-order chi connectivity index (χ0) is 41.1. The number of piperidine rings is 1. The summed E-state index contributed by atoms with van der Waals surface area (Å²) < 4.78 is 30.4. The Morgan fingerprint density at radius 3 is 2.25 bits per heavy atom. The van der Waals surface area contributed by atoms with Gasteiger partial charge in [0.2, 0.25) is 5.91 Å². The number of Topliss-reactive ketones (excluding diaryl/α,β-unsaturated/α-hetero) is 1. The van der Waals surface area contributed by atoms with Crippen molar-refractivity contribution >= 4 is 17.7 Å². The van der Waals surface area contributed by atoms with Gasteiger partial charge in [-0.05, 0) is 101 Å². The zero-order valence-electron chi connectivity index (χ0n) is 35.4. The molecule has 5 aliphatic rings. The molecular formula is C44H71NO11. The van der Waals surface area contributed by atoms with Crippen molar-refractivity contribution in [3.8, 4) is 0 Å². The highest BCUT2D eigenvalue weighted by Gasteiger charge is 2.56. The normalized spacial score (nSPS) is 44.8. The number of allylic oxidation sites excluding steroid dienone is 3. The fourth-order valence-corrected chi connectivity index (χ4v) is 10.2. The van der Waals surface area contributed by atoms with Gasteiger partial charge in [-0.25, -0.2) is 4.79 Å². The third kappa shape index (κ3) is 10.3. The quantitative estimate of drug-likeness (QED) is 0.237. The number of ketones is 1. The van der Waals surface area contributed by atoms with Crippen LogP contribution in [0.3, 0.4) is 0 Å². The van der Waals surface area contributed by atoms with Crippen LogP contribution in [-0.4, -0.2) is 120 Å². The average Bonchev–Trinajstić information content (AvgIpc) is 3.95. The Hall–Kier alpha value is -2.19. The van der Waals surface area contributed by atoms with Crippen molar-refractivity contribution < 1.29 is 53.4 Å². The number of aliphatic hydroxyl groups is 3. The van der Waals surface area contributed by atoms with Gasteiger partial charge < -0.3 is 43.9 Å². The lowest BCUT2D eigenvalue weighted by molar-refractivity contribution is -0.321. The minimum atomic E-state index is -1.81. The van der Waals surface area contributed by atoms with Crippen LogP contribution in [0, 0.1) is 35.5 Å². The molecule has 12 nitrogen and oxygen atoms in total. The summed E-state index contributed by atoms with van der Waals surface area (Å²) in [5, 5.41) is 34.3. The van der Waals surface area contributed by atoms with Crippen LogP contribution in [0.1, 0.15) is 119 Å². The summed E-state index contributed by atoms with van der Waals surface area (Å²) in [7, 11) is 4.83. The highest BCUT2D eigenvalue weighted by molar-refractivity contribution is 5.86. The molecule has 2 saturated carbocycles. The number of rotatable bonds is 6. The van der Waals surface area contributed by atoms with Crippen molar-refractivity contribution in [3.05, 3.63) is 23.3 Å². The SMILES string of the molecule is CC[C@@H]1/C=C(\C)C[C@H](C)C[C@H](OC)[C@H]2O[C@@](O)(CC(=O)N3[C@@H]4C[C@@H]4CC[C@H]3C(=O)O[C@H](/C(C)=C/[C@@H]3CC[C@@H](O)[C@H](OC)C3)[C@H](C)[C@@H](O)CC1=O)[C@H](C)C[C@@H]2OC. The number of methoxy groups -OCH3 is 3. The Morgan fingerprint density at radius 2 is 1.59 bits per heavy atom. The van der Waals surface area contributed by atoms with Crippen molar-refractivity contribution in [1.29, 1.82) is 0 Å². The van der Waals surface area contributed by atoms with E-state index in [-0.39, 0.29) is 60.5 Å². The Labute approximate surface area is 334 Å². The van der Waals surface area contributed by atoms with Gasteiger partial charge in [0.1, 0.15) is 24.0 Å². The lowest BCUT2D eigenvalue weighted by atomic mass is 9.81. The van der Waals surface area contributed by atoms with E-state index in [1.54, 1.807) is 26.2 Å². The number of hydrogen-bond donors (Lipinski definition) is 3. The molecule has 1 amide bonds. The first-order valence-electron chi connectivity index (χ1n) is 21.3. The molecule has 2 saturated heterocycles. The number of aliphatic hydroxyl groups excluding tert-OH is 2. The molecule has 56 heavy (non-hydrogen) atoms. The molecule has 3 aliphatic heterocycles. The van der Waals surface area contributed by atoms with Crippen molar-refractivity contribution in [2.75, 3.05) is 21.3 Å². The van der Waals surface area contributed by atoms with Crippen molar-refractivity contribution in [3.63, 3.8) is 0 Å². The maximum absolute atomic E-state index is 14.5. The minimum absolute atomic E-state index is 0.0515. The Morgan fingerprint density at radius 1 is 0.911 bits per heavy atom. The summed E-state index contributed by atoms with van der Waals surface area (Å²) in [6, 6.07) is -1.01. The van der Waals surface area contributed by atoms with Gasteiger partial charge in [-0.3, -0.25) is 9.59 Å². The summed E-state index contributed by atoms with van der Waals surface area (Å²) >= 11 is 0. The van der Waals surface area contributed by atoms with Crippen molar-refractivity contribution in [2.24, 2.45) is 35.5 Å². The Balaban J connectivity index is 1.51. The van der Waals surface area contributed by atoms with Crippen LogP contribution < -0.4 is 0 Å². The maximum Gasteiger partial charge on any atom is 0.329 e. The molecule has 4 fully saturated rings. The standard InChI is InChI=1S/C44H71NO11/c1-10-30-16-24(2)15-25(3)17-38(53-8)42-39(54-9)19-27(5)44(51,56-42)23-40(49)45-32(13-12-31-21-33(31)45)43(50)55-41(28(6)35(47)22-36(30)48)26(4)18-29-11-14-34(46)37(20-29)52-7/h16,18,25,27-35,37-39,41-42,46-47,51H,10-15,17,19-23H2,1-9H3/b24-16+,26-18+/t25-,27+,28+,29-,30+,31-,32-,33+,34+,35-,37+,38-,39-,41+,42+,44-/m0/s1. The van der Waals surface area contributed by atoms with E-state index in [1.807, 2.05) is 40.7 Å². The number of cyclic esters (lactones) is 1. The number of hydrogen-bond acceptors (Lipinski definition) is 11. The van der Waals surface area contributed by atoms with Gasteiger partial charge in [-0.1, -0.05) is 45.4 Å². The summed E-state index contributed by atoms with van der Waals surface area (Å²) in [6.45, 7) is 11.7. The largest absolute Gasteiger partial charge is 0.456 e. The van der Waals surface area contributed by atoms with Crippen LogP contribution in [0.4, 0.5) is 0 Å². The van der Waals surface area contributed by atoms with E-state index in [9.17, 15) is 29.7 Å². The molecule has 0 aromatic heterocycles. The number of fused-ring (bicyclic) bond motifs is 5. The molecule has 5 rings (SSSR count). The molecule has 16 atom stereocenters. The zero-order valence-corrected chi connectivity index (χ0v) is 35.4. The van der Waals surface area contributed by atoms with E-state index in [1.165, 1.54) is 0 Å². The second-order valence-corrected chi connectivity index (χ2v) is 18.1. The molecule has 3 heterocycles. The first-order chi connectivity index (χ1) is 26.5. The lowest BCUT2D eigenvalue weighted by Crippen LogP contribution is -2.60. The van der Waals surface area contributed by atoms with E-state index in [0.29, 0.717) is 44.9 Å². The highest BCUT2D eigenvalue weighted by atomic mass is 16.7. The molecule has 0 aromatic rings. The molecule has 0 spiro atoms. The molecule has 2 bridgehead atoms. The van der Waals surface area contributed by atoms with Gasteiger partial charge in [0, 0.05) is 51.5 Å². The number of esters is 1. The van der Waals surface area contributed by atoms with Gasteiger partial charge in [-0.15, -0.1) is 0 Å². The summed E-state index contributed by atoms with van der Waals surface area (Å²) in [6.07, 6.45) is 5.55. The maximum atomic E-state index is 14.5. The van der Waals surface area contributed by atoms with Gasteiger partial charge in [0.25, 0.3) is 0 Å². The van der Waals surface area contributed by atoms with Gasteiger partial charge >= 0.3 is 5.97 Å². The fourth-order valence-electron chi connectivity index (χ4n) is 10.2. The van der Waals surface area contributed by atoms with Crippen LogP contribution >= 0.6 is 0 Å². The van der Waals surface area contributed by atoms with Crippen molar-refractivity contribution in [2.45, 2.75) is 179 Å². The lowest BCUT2D eigenvalue weighted by Gasteiger charge is -2.48. The second-order valence-electron chi connectivity index (χ2n) is 18.1. The summed E-state index contributed by atoms with van der Waals surface area (Å²) in [5.41, 5.74) is 1.80. The summed E-state index contributed by atoms with van der Waals surface area (Å²) in [5.74, 6) is -3.83. The molecule has 2 aliphatic carbocycles. The first kappa shape index (κ1) is 44.9. The Bertz CT molecular complexity index is 1430. The van der Waals surface area contributed by atoms with Crippen LogP contribution in [0.15, 0.2) is 23.3 Å². The Kier molecular flexibility index (Phi) is 15.4. The highest BCUT2D eigenvalue weighted by Crippen LogP contribution is 2.48. The summed E-state index contributed by atoms with van der Waals surface area (Å²) in [4.78, 5) is 44.4. The van der Waals surface area contributed by atoms with E-state index in [4.69, 9.17) is 23.7 Å². The van der Waals surface area contributed by atoms with Crippen molar-refractivity contribution in [1.82, 2.24) is 4.90 Å². The van der Waals surface area contributed by atoms with E-state index in [0.717, 1.165) is 30.4 Å².